The molecule has 0 radical (unpaired) electrons. The van der Waals surface area contributed by atoms with Crippen LogP contribution in [0.2, 0.25) is 0 Å². The molecule has 0 heterocycles. The number of esters is 1. The average Bonchev–Trinajstić information content (AvgIpc) is 2.65. The summed E-state index contributed by atoms with van der Waals surface area (Å²) in [6.07, 6.45) is 18.9. The molecule has 0 aromatic carbocycles. The van der Waals surface area contributed by atoms with Crippen molar-refractivity contribution in [3.63, 3.8) is 0 Å². The summed E-state index contributed by atoms with van der Waals surface area (Å²) in [7, 11) is 4.34. The van der Waals surface area contributed by atoms with Gasteiger partial charge in [0.2, 0.25) is 0 Å². The second kappa shape index (κ2) is 16.8. The van der Waals surface area contributed by atoms with E-state index in [2.05, 4.69) is 6.92 Å². The number of carbonyl (C=O) groups is 1. The van der Waals surface area contributed by atoms with Gasteiger partial charge in [0.1, 0.15) is 0 Å². The molecule has 0 aromatic rings. The van der Waals surface area contributed by atoms with E-state index in [1.54, 1.807) is 0 Å². The molecule has 0 rings (SSSR count). The first-order valence-electron chi connectivity index (χ1n) is 10.4. The summed E-state index contributed by atoms with van der Waals surface area (Å²) in [6.45, 7) is 2.27. The van der Waals surface area contributed by atoms with Crippen LogP contribution in [0, 0.1) is 0 Å². The Labute approximate surface area is 156 Å². The van der Waals surface area contributed by atoms with Gasteiger partial charge in [0.15, 0.2) is 0 Å². The number of rotatable bonds is 18. The Balaban J connectivity index is 3.47. The van der Waals surface area contributed by atoms with Crippen LogP contribution in [0.25, 0.3) is 0 Å². The van der Waals surface area contributed by atoms with Gasteiger partial charge in [0.05, 0.1) is 7.11 Å². The molecule has 0 spiro atoms. The summed E-state index contributed by atoms with van der Waals surface area (Å²) in [5.41, 5.74) is 0. The van der Waals surface area contributed by atoms with Gasteiger partial charge in [-0.1, -0.05) is 90.4 Å². The highest BCUT2D eigenvalue weighted by atomic mass is 16.7. The summed E-state index contributed by atoms with van der Waals surface area (Å²) in [4.78, 5) is 11.8. The summed E-state index contributed by atoms with van der Waals surface area (Å²) in [5.74, 6) is -1.68. The highest BCUT2D eigenvalue weighted by Crippen LogP contribution is 2.22. The molecule has 0 amide bonds. The van der Waals surface area contributed by atoms with Crippen molar-refractivity contribution in [3.05, 3.63) is 0 Å². The van der Waals surface area contributed by atoms with Gasteiger partial charge in [0.25, 0.3) is 5.79 Å². The molecule has 0 aliphatic rings. The van der Waals surface area contributed by atoms with Crippen LogP contribution in [0.1, 0.15) is 103 Å². The maximum atomic E-state index is 11.8. The van der Waals surface area contributed by atoms with Gasteiger partial charge in [-0.3, -0.25) is 0 Å². The number of ether oxygens (including phenoxy) is 3. The molecule has 0 bridgehead atoms. The Kier molecular flexibility index (Phi) is 16.4. The predicted octanol–water partition coefficient (Wildman–Crippen LogP) is 6.02. The quantitative estimate of drug-likeness (QED) is 0.171. The van der Waals surface area contributed by atoms with Crippen molar-refractivity contribution in [3.8, 4) is 0 Å². The van der Waals surface area contributed by atoms with Crippen molar-refractivity contribution >= 4 is 5.97 Å². The summed E-state index contributed by atoms with van der Waals surface area (Å²) in [5, 5.41) is 0. The van der Waals surface area contributed by atoms with E-state index in [4.69, 9.17) is 14.2 Å². The Bertz CT molecular complexity index is 300. The fourth-order valence-electron chi connectivity index (χ4n) is 3.26. The molecule has 0 aromatic heterocycles. The zero-order valence-electron chi connectivity index (χ0n) is 17.2. The van der Waals surface area contributed by atoms with Crippen LogP contribution in [0.4, 0.5) is 0 Å². The predicted molar refractivity (Wildman–Crippen MR) is 104 cm³/mol. The maximum Gasteiger partial charge on any atom is 0.366 e. The normalized spacial score (nSPS) is 11.7. The molecule has 150 valence electrons. The molecule has 0 aliphatic heterocycles. The van der Waals surface area contributed by atoms with Crippen LogP contribution in [0.5, 0.6) is 0 Å². The van der Waals surface area contributed by atoms with Gasteiger partial charge in [-0.05, 0) is 6.42 Å². The van der Waals surface area contributed by atoms with Crippen molar-refractivity contribution in [2.75, 3.05) is 21.3 Å². The molecule has 0 fully saturated rings. The first kappa shape index (κ1) is 24.4. The summed E-state index contributed by atoms with van der Waals surface area (Å²) >= 11 is 0. The van der Waals surface area contributed by atoms with Gasteiger partial charge in [-0.15, -0.1) is 0 Å². The van der Waals surface area contributed by atoms with Crippen LogP contribution >= 0.6 is 0 Å². The third-order valence-corrected chi connectivity index (χ3v) is 5.02. The fourth-order valence-corrected chi connectivity index (χ4v) is 3.26. The zero-order valence-corrected chi connectivity index (χ0v) is 17.2. The van der Waals surface area contributed by atoms with E-state index in [9.17, 15) is 4.79 Å². The summed E-state index contributed by atoms with van der Waals surface area (Å²) < 4.78 is 15.3. The van der Waals surface area contributed by atoms with E-state index in [1.807, 2.05) is 0 Å². The number of carbonyl (C=O) groups excluding carboxylic acids is 1. The van der Waals surface area contributed by atoms with Gasteiger partial charge >= 0.3 is 5.97 Å². The monoisotopic (exact) mass is 358 g/mol. The first-order valence-corrected chi connectivity index (χ1v) is 10.4. The second-order valence-electron chi connectivity index (χ2n) is 7.00. The molecule has 4 nitrogen and oxygen atoms in total. The van der Waals surface area contributed by atoms with Crippen molar-refractivity contribution in [2.24, 2.45) is 0 Å². The third-order valence-electron chi connectivity index (χ3n) is 5.02. The van der Waals surface area contributed by atoms with E-state index in [0.29, 0.717) is 6.42 Å². The molecule has 0 N–H and O–H groups in total. The zero-order chi connectivity index (χ0) is 18.8. The minimum Gasteiger partial charge on any atom is -0.465 e. The first-order chi connectivity index (χ1) is 12.2. The Morgan fingerprint density at radius 2 is 1.00 bits per heavy atom. The van der Waals surface area contributed by atoms with Crippen molar-refractivity contribution in [1.82, 2.24) is 0 Å². The lowest BCUT2D eigenvalue weighted by molar-refractivity contribution is -0.230. The average molecular weight is 359 g/mol. The minimum atomic E-state index is -1.23. The molecule has 25 heavy (non-hydrogen) atoms. The molecule has 0 unspecified atom stereocenters. The maximum absolute atomic E-state index is 11.8. The molecule has 0 saturated carbocycles. The highest BCUT2D eigenvalue weighted by Gasteiger charge is 2.39. The standard InChI is InChI=1S/C21H42O4/c1-5-6-7-8-9-10-11-12-13-14-15-16-17-18-19-21(24-3,25-4)20(22)23-2/h5-19H2,1-4H3. The second-order valence-corrected chi connectivity index (χ2v) is 7.00. The van der Waals surface area contributed by atoms with Crippen molar-refractivity contribution in [1.29, 1.82) is 0 Å². The smallest absolute Gasteiger partial charge is 0.366 e. The molecule has 0 atom stereocenters. The lowest BCUT2D eigenvalue weighted by Crippen LogP contribution is -2.43. The summed E-state index contributed by atoms with van der Waals surface area (Å²) in [6, 6.07) is 0. The van der Waals surface area contributed by atoms with E-state index in [-0.39, 0.29) is 0 Å². The van der Waals surface area contributed by atoms with E-state index in [0.717, 1.165) is 12.8 Å². The SMILES string of the molecule is CCCCCCCCCCCCCCCCC(OC)(OC)C(=O)OC. The Morgan fingerprint density at radius 3 is 1.32 bits per heavy atom. The van der Waals surface area contributed by atoms with E-state index in [1.165, 1.54) is 98.4 Å². The molecular formula is C21H42O4. The largest absolute Gasteiger partial charge is 0.465 e. The topological polar surface area (TPSA) is 44.8 Å². The molecular weight excluding hydrogens is 316 g/mol. The third kappa shape index (κ3) is 11.6. The fraction of sp³-hybridized carbons (Fsp3) is 0.952. The lowest BCUT2D eigenvalue weighted by atomic mass is 10.0. The molecule has 4 heteroatoms. The number of unbranched alkanes of at least 4 members (excludes halogenated alkanes) is 13. The van der Waals surface area contributed by atoms with Gasteiger partial charge in [0, 0.05) is 20.6 Å². The van der Waals surface area contributed by atoms with Gasteiger partial charge < -0.3 is 14.2 Å². The minimum absolute atomic E-state index is 0.452. The highest BCUT2D eigenvalue weighted by molar-refractivity contribution is 5.77. The van der Waals surface area contributed by atoms with Gasteiger partial charge in [-0.2, -0.15) is 0 Å². The van der Waals surface area contributed by atoms with E-state index >= 15 is 0 Å². The van der Waals surface area contributed by atoms with Crippen molar-refractivity contribution < 1.29 is 19.0 Å². The van der Waals surface area contributed by atoms with Crippen LogP contribution in [-0.4, -0.2) is 33.1 Å². The van der Waals surface area contributed by atoms with Crippen molar-refractivity contribution in [2.45, 2.75) is 109 Å². The van der Waals surface area contributed by atoms with Crippen LogP contribution < -0.4 is 0 Å². The van der Waals surface area contributed by atoms with Crippen LogP contribution in [0.15, 0.2) is 0 Å². The Hall–Kier alpha value is -0.610. The number of methoxy groups -OCH3 is 3. The molecule has 0 aliphatic carbocycles. The van der Waals surface area contributed by atoms with Crippen LogP contribution in [-0.2, 0) is 19.0 Å². The molecule has 0 saturated heterocycles. The van der Waals surface area contributed by atoms with Gasteiger partial charge in [-0.25, -0.2) is 4.79 Å². The number of hydrogen-bond acceptors (Lipinski definition) is 4. The van der Waals surface area contributed by atoms with Crippen LogP contribution in [0.3, 0.4) is 0 Å². The number of hydrogen-bond donors (Lipinski definition) is 0. The Morgan fingerprint density at radius 1 is 0.640 bits per heavy atom. The lowest BCUT2D eigenvalue weighted by Gasteiger charge is -2.27. The van der Waals surface area contributed by atoms with E-state index < -0.39 is 11.8 Å².